The van der Waals surface area contributed by atoms with Gasteiger partial charge in [0.15, 0.2) is 0 Å². The van der Waals surface area contributed by atoms with Gasteiger partial charge in [0, 0.05) is 15.9 Å². The maximum absolute atomic E-state index is 12.5. The van der Waals surface area contributed by atoms with E-state index in [9.17, 15) is 4.79 Å². The number of carbonyl (C=O) groups is 1. The molecular formula is C19H23NOS. The number of anilines is 1. The molecule has 0 saturated heterocycles. The van der Waals surface area contributed by atoms with E-state index < -0.39 is 0 Å². The fraction of sp³-hybridized carbons (Fsp3) is 0.421. The minimum Gasteiger partial charge on any atom is -0.322 e. The fourth-order valence-corrected chi connectivity index (χ4v) is 4.26. The molecule has 116 valence electrons. The van der Waals surface area contributed by atoms with Crippen molar-refractivity contribution >= 4 is 22.9 Å². The summed E-state index contributed by atoms with van der Waals surface area (Å²) >= 11 is 1.74. The SMILES string of the molecule is CC1CCc2c(C(=O)Nc3ccc(C(C)C)cc3)csc2C1. The van der Waals surface area contributed by atoms with E-state index in [0.29, 0.717) is 5.92 Å². The van der Waals surface area contributed by atoms with Gasteiger partial charge in [0.2, 0.25) is 0 Å². The summed E-state index contributed by atoms with van der Waals surface area (Å²) in [6.07, 6.45) is 3.35. The van der Waals surface area contributed by atoms with Crippen LogP contribution in [-0.2, 0) is 12.8 Å². The van der Waals surface area contributed by atoms with Crippen molar-refractivity contribution in [2.24, 2.45) is 5.92 Å². The van der Waals surface area contributed by atoms with Crippen LogP contribution in [0.2, 0.25) is 0 Å². The zero-order valence-corrected chi connectivity index (χ0v) is 14.3. The van der Waals surface area contributed by atoms with Gasteiger partial charge in [0.05, 0.1) is 5.56 Å². The summed E-state index contributed by atoms with van der Waals surface area (Å²) in [6.45, 7) is 6.64. The van der Waals surface area contributed by atoms with Crippen molar-refractivity contribution in [2.75, 3.05) is 5.32 Å². The Balaban J connectivity index is 1.75. The zero-order valence-electron chi connectivity index (χ0n) is 13.5. The third-order valence-corrected chi connectivity index (χ3v) is 5.53. The van der Waals surface area contributed by atoms with Crippen LogP contribution < -0.4 is 5.32 Å². The number of amides is 1. The van der Waals surface area contributed by atoms with Gasteiger partial charge >= 0.3 is 0 Å². The first-order chi connectivity index (χ1) is 10.5. The van der Waals surface area contributed by atoms with Gasteiger partial charge in [0.1, 0.15) is 0 Å². The Morgan fingerprint density at radius 1 is 1.27 bits per heavy atom. The van der Waals surface area contributed by atoms with Crippen LogP contribution in [0.5, 0.6) is 0 Å². The Morgan fingerprint density at radius 2 is 2.00 bits per heavy atom. The maximum atomic E-state index is 12.5. The first kappa shape index (κ1) is 15.3. The van der Waals surface area contributed by atoms with Crippen molar-refractivity contribution in [1.82, 2.24) is 0 Å². The summed E-state index contributed by atoms with van der Waals surface area (Å²) in [4.78, 5) is 13.9. The smallest absolute Gasteiger partial charge is 0.256 e. The standard InChI is InChI=1S/C19H23NOS/c1-12(2)14-5-7-15(8-6-14)20-19(21)17-11-22-18-10-13(3)4-9-16(17)18/h5-8,11-13H,4,9-10H2,1-3H3,(H,20,21). The molecule has 1 unspecified atom stereocenters. The highest BCUT2D eigenvalue weighted by atomic mass is 32.1. The number of hydrogen-bond donors (Lipinski definition) is 1. The van der Waals surface area contributed by atoms with Crippen LogP contribution in [0.3, 0.4) is 0 Å². The van der Waals surface area contributed by atoms with Crippen molar-refractivity contribution in [2.45, 2.75) is 46.0 Å². The summed E-state index contributed by atoms with van der Waals surface area (Å²) < 4.78 is 0. The Kier molecular flexibility index (Phi) is 4.34. The fourth-order valence-electron chi connectivity index (χ4n) is 3.02. The Morgan fingerprint density at radius 3 is 2.68 bits per heavy atom. The van der Waals surface area contributed by atoms with Gasteiger partial charge in [-0.1, -0.05) is 32.9 Å². The highest BCUT2D eigenvalue weighted by molar-refractivity contribution is 7.10. The second-order valence-corrected chi connectivity index (χ2v) is 7.59. The normalized spacial score (nSPS) is 17.4. The van der Waals surface area contributed by atoms with E-state index >= 15 is 0 Å². The van der Waals surface area contributed by atoms with Gasteiger partial charge in [-0.2, -0.15) is 0 Å². The number of thiophene rings is 1. The molecular weight excluding hydrogens is 290 g/mol. The molecule has 1 aliphatic rings. The van der Waals surface area contributed by atoms with Crippen LogP contribution in [0, 0.1) is 5.92 Å². The van der Waals surface area contributed by atoms with E-state index in [2.05, 4.69) is 38.2 Å². The lowest BCUT2D eigenvalue weighted by molar-refractivity contribution is 0.102. The first-order valence-corrected chi connectivity index (χ1v) is 8.93. The average molecular weight is 313 g/mol. The van der Waals surface area contributed by atoms with Crippen molar-refractivity contribution < 1.29 is 4.79 Å². The van der Waals surface area contributed by atoms with E-state index in [1.165, 1.54) is 22.4 Å². The van der Waals surface area contributed by atoms with E-state index in [0.717, 1.165) is 30.0 Å². The highest BCUT2D eigenvalue weighted by Gasteiger charge is 2.23. The predicted molar refractivity (Wildman–Crippen MR) is 94.0 cm³/mol. The third kappa shape index (κ3) is 3.09. The van der Waals surface area contributed by atoms with Crippen LogP contribution in [0.15, 0.2) is 29.6 Å². The number of carbonyl (C=O) groups excluding carboxylic acids is 1. The molecule has 0 saturated carbocycles. The zero-order chi connectivity index (χ0) is 15.7. The molecule has 1 aliphatic carbocycles. The number of fused-ring (bicyclic) bond motifs is 1. The van der Waals surface area contributed by atoms with Gasteiger partial charge in [-0.25, -0.2) is 0 Å². The maximum Gasteiger partial charge on any atom is 0.256 e. The quantitative estimate of drug-likeness (QED) is 0.824. The molecule has 0 radical (unpaired) electrons. The molecule has 0 fully saturated rings. The van der Waals surface area contributed by atoms with Crippen LogP contribution in [0.4, 0.5) is 5.69 Å². The average Bonchev–Trinajstić information content (AvgIpc) is 2.90. The second kappa shape index (κ2) is 6.25. The monoisotopic (exact) mass is 313 g/mol. The third-order valence-electron chi connectivity index (χ3n) is 4.48. The molecule has 22 heavy (non-hydrogen) atoms. The summed E-state index contributed by atoms with van der Waals surface area (Å²) in [5.74, 6) is 1.28. The van der Waals surface area contributed by atoms with E-state index in [-0.39, 0.29) is 5.91 Å². The van der Waals surface area contributed by atoms with Gasteiger partial charge in [-0.05, 0) is 54.4 Å². The van der Waals surface area contributed by atoms with Crippen LogP contribution in [0.25, 0.3) is 0 Å². The van der Waals surface area contributed by atoms with E-state index in [4.69, 9.17) is 0 Å². The topological polar surface area (TPSA) is 29.1 Å². The molecule has 1 N–H and O–H groups in total. The van der Waals surface area contributed by atoms with Crippen LogP contribution in [0.1, 0.15) is 59.5 Å². The molecule has 1 aromatic heterocycles. The molecule has 3 heteroatoms. The molecule has 1 amide bonds. The van der Waals surface area contributed by atoms with Crippen LogP contribution >= 0.6 is 11.3 Å². The Labute approximate surface area is 136 Å². The minimum absolute atomic E-state index is 0.0318. The minimum atomic E-state index is 0.0318. The molecule has 1 heterocycles. The Hall–Kier alpha value is -1.61. The molecule has 2 aromatic rings. The van der Waals surface area contributed by atoms with Gasteiger partial charge in [0.25, 0.3) is 5.91 Å². The Bertz CT molecular complexity index is 669. The number of hydrogen-bond acceptors (Lipinski definition) is 2. The van der Waals surface area contributed by atoms with Crippen molar-refractivity contribution in [3.8, 4) is 0 Å². The first-order valence-electron chi connectivity index (χ1n) is 8.05. The molecule has 1 atom stereocenters. The molecule has 3 rings (SSSR count). The summed E-state index contributed by atoms with van der Waals surface area (Å²) in [5.41, 5.74) is 4.32. The highest BCUT2D eigenvalue weighted by Crippen LogP contribution is 2.33. The number of rotatable bonds is 3. The van der Waals surface area contributed by atoms with Crippen LogP contribution in [-0.4, -0.2) is 5.91 Å². The number of benzene rings is 1. The predicted octanol–water partition coefficient (Wildman–Crippen LogP) is 5.25. The lowest BCUT2D eigenvalue weighted by Gasteiger charge is -2.18. The van der Waals surface area contributed by atoms with Gasteiger partial charge in [-0.15, -0.1) is 11.3 Å². The van der Waals surface area contributed by atoms with Crippen molar-refractivity contribution in [3.63, 3.8) is 0 Å². The lowest BCUT2D eigenvalue weighted by Crippen LogP contribution is -2.16. The van der Waals surface area contributed by atoms with Crippen molar-refractivity contribution in [1.29, 1.82) is 0 Å². The molecule has 0 spiro atoms. The molecule has 0 aliphatic heterocycles. The lowest BCUT2D eigenvalue weighted by atomic mass is 9.88. The molecule has 2 nitrogen and oxygen atoms in total. The van der Waals surface area contributed by atoms with E-state index in [1.54, 1.807) is 11.3 Å². The molecule has 1 aromatic carbocycles. The molecule has 0 bridgehead atoms. The summed E-state index contributed by atoms with van der Waals surface area (Å²) in [6, 6.07) is 8.17. The summed E-state index contributed by atoms with van der Waals surface area (Å²) in [5, 5.41) is 5.07. The van der Waals surface area contributed by atoms with Crippen molar-refractivity contribution in [3.05, 3.63) is 51.2 Å². The number of nitrogens with one attached hydrogen (secondary N) is 1. The van der Waals surface area contributed by atoms with E-state index in [1.807, 2.05) is 17.5 Å². The second-order valence-electron chi connectivity index (χ2n) is 6.63. The van der Waals surface area contributed by atoms with Gasteiger partial charge in [-0.3, -0.25) is 4.79 Å². The largest absolute Gasteiger partial charge is 0.322 e. The summed E-state index contributed by atoms with van der Waals surface area (Å²) in [7, 11) is 0. The van der Waals surface area contributed by atoms with Gasteiger partial charge < -0.3 is 5.32 Å².